The largest absolute Gasteiger partial charge is 0.378 e. The van der Waals surface area contributed by atoms with Crippen LogP contribution in [0.25, 0.3) is 0 Å². The molecule has 5 heteroatoms. The van der Waals surface area contributed by atoms with Crippen LogP contribution in [0, 0.1) is 0 Å². The van der Waals surface area contributed by atoms with E-state index in [0.29, 0.717) is 11.6 Å². The predicted molar refractivity (Wildman–Crippen MR) is 115 cm³/mol. The van der Waals surface area contributed by atoms with Gasteiger partial charge in [0.15, 0.2) is 0 Å². The maximum Gasteiger partial charge on any atom is 0.255 e. The lowest BCUT2D eigenvalue weighted by atomic mass is 10.1. The molecule has 0 spiro atoms. The first-order chi connectivity index (χ1) is 13.5. The Morgan fingerprint density at radius 1 is 1.11 bits per heavy atom. The number of carbonyl (C=O) groups is 1. The van der Waals surface area contributed by atoms with Crippen LogP contribution in [0.3, 0.4) is 0 Å². The van der Waals surface area contributed by atoms with Gasteiger partial charge in [-0.25, -0.2) is 4.98 Å². The molecule has 1 unspecified atom stereocenters. The highest BCUT2D eigenvalue weighted by atomic mass is 16.1. The van der Waals surface area contributed by atoms with Crippen LogP contribution in [0.5, 0.6) is 0 Å². The van der Waals surface area contributed by atoms with E-state index in [-0.39, 0.29) is 5.91 Å². The molecule has 0 saturated heterocycles. The fraction of sp³-hybridized carbons (Fsp3) is 0.217. The first-order valence-electron chi connectivity index (χ1n) is 9.45. The zero-order valence-corrected chi connectivity index (χ0v) is 16.4. The molecular formula is C23H24N4O. The van der Waals surface area contributed by atoms with Crippen molar-refractivity contribution in [2.24, 2.45) is 0 Å². The molecule has 1 amide bonds. The lowest BCUT2D eigenvalue weighted by Crippen LogP contribution is -2.25. The average Bonchev–Trinajstić information content (AvgIpc) is 3.04. The topological polar surface area (TPSA) is 48.5 Å². The summed E-state index contributed by atoms with van der Waals surface area (Å²) >= 11 is 0. The molecule has 1 aliphatic rings. The summed E-state index contributed by atoms with van der Waals surface area (Å²) in [4.78, 5) is 21.5. The van der Waals surface area contributed by atoms with E-state index >= 15 is 0 Å². The Morgan fingerprint density at radius 2 is 1.86 bits per heavy atom. The molecule has 0 saturated carbocycles. The summed E-state index contributed by atoms with van der Waals surface area (Å²) in [6, 6.07) is 20.1. The number of hydrogen-bond donors (Lipinski definition) is 1. The fourth-order valence-corrected chi connectivity index (χ4v) is 3.65. The monoisotopic (exact) mass is 372 g/mol. The number of carbonyl (C=O) groups excluding carboxylic acids is 1. The molecule has 0 fully saturated rings. The summed E-state index contributed by atoms with van der Waals surface area (Å²) in [5, 5.41) is 2.97. The van der Waals surface area contributed by atoms with E-state index in [9.17, 15) is 4.79 Å². The van der Waals surface area contributed by atoms with Crippen molar-refractivity contribution in [3.05, 3.63) is 78.0 Å². The smallest absolute Gasteiger partial charge is 0.255 e. The van der Waals surface area contributed by atoms with Gasteiger partial charge in [0.1, 0.15) is 5.82 Å². The maximum atomic E-state index is 12.8. The first kappa shape index (κ1) is 18.0. The number of nitrogens with zero attached hydrogens (tertiary/aromatic N) is 3. The second-order valence-electron chi connectivity index (χ2n) is 7.35. The van der Waals surface area contributed by atoms with Gasteiger partial charge in [-0.2, -0.15) is 0 Å². The van der Waals surface area contributed by atoms with Gasteiger partial charge >= 0.3 is 0 Å². The predicted octanol–water partition coefficient (Wildman–Crippen LogP) is 4.48. The minimum atomic E-state index is -0.138. The number of hydrogen-bond acceptors (Lipinski definition) is 4. The van der Waals surface area contributed by atoms with Crippen molar-refractivity contribution < 1.29 is 4.79 Å². The van der Waals surface area contributed by atoms with E-state index in [4.69, 9.17) is 0 Å². The Bertz CT molecular complexity index is 997. The van der Waals surface area contributed by atoms with Gasteiger partial charge in [-0.1, -0.05) is 18.2 Å². The summed E-state index contributed by atoms with van der Waals surface area (Å²) in [6.07, 6.45) is 2.68. The van der Waals surface area contributed by atoms with Gasteiger partial charge < -0.3 is 15.1 Å². The van der Waals surface area contributed by atoms with Crippen molar-refractivity contribution in [3.8, 4) is 0 Å². The Labute approximate surface area is 165 Å². The highest BCUT2D eigenvalue weighted by Gasteiger charge is 2.28. The highest BCUT2D eigenvalue weighted by Crippen LogP contribution is 2.37. The Hall–Kier alpha value is -3.34. The number of para-hydroxylation sites is 1. The Kier molecular flexibility index (Phi) is 4.74. The van der Waals surface area contributed by atoms with E-state index in [2.05, 4.69) is 40.3 Å². The van der Waals surface area contributed by atoms with Crippen molar-refractivity contribution in [1.82, 2.24) is 4.98 Å². The van der Waals surface area contributed by atoms with Gasteiger partial charge in [-0.15, -0.1) is 0 Å². The molecule has 0 radical (unpaired) electrons. The quantitative estimate of drug-likeness (QED) is 0.733. The number of fused-ring (bicyclic) bond motifs is 1. The van der Waals surface area contributed by atoms with E-state index in [1.807, 2.05) is 55.4 Å². The number of amides is 1. The summed E-state index contributed by atoms with van der Waals surface area (Å²) in [6.45, 7) is 2.18. The molecule has 28 heavy (non-hydrogen) atoms. The van der Waals surface area contributed by atoms with Crippen LogP contribution in [0.4, 0.5) is 22.9 Å². The van der Waals surface area contributed by atoms with Crippen LogP contribution in [0.15, 0.2) is 66.9 Å². The third kappa shape index (κ3) is 3.43. The third-order valence-corrected chi connectivity index (χ3v) is 5.10. The van der Waals surface area contributed by atoms with Gasteiger partial charge in [0, 0.05) is 49.0 Å². The molecule has 1 aliphatic heterocycles. The third-order valence-electron chi connectivity index (χ3n) is 5.10. The van der Waals surface area contributed by atoms with Crippen LogP contribution >= 0.6 is 0 Å². The summed E-state index contributed by atoms with van der Waals surface area (Å²) in [5.41, 5.74) is 4.94. The minimum absolute atomic E-state index is 0.138. The molecule has 3 aromatic rings. The Balaban J connectivity index is 1.56. The van der Waals surface area contributed by atoms with Crippen molar-refractivity contribution in [2.45, 2.75) is 19.4 Å². The zero-order valence-electron chi connectivity index (χ0n) is 16.4. The number of aromatic nitrogens is 1. The van der Waals surface area contributed by atoms with Crippen LogP contribution in [0.2, 0.25) is 0 Å². The van der Waals surface area contributed by atoms with Gasteiger partial charge in [-0.05, 0) is 61.4 Å². The number of anilines is 4. The van der Waals surface area contributed by atoms with E-state index in [0.717, 1.165) is 23.6 Å². The average molecular weight is 372 g/mol. The SMILES string of the molecule is CC1Cc2ccccc2N1c1cc(C(=O)Nc2ccc(N(C)C)cc2)ccn1. The van der Waals surface area contributed by atoms with Crippen molar-refractivity contribution in [3.63, 3.8) is 0 Å². The molecular weight excluding hydrogens is 348 g/mol. The van der Waals surface area contributed by atoms with E-state index < -0.39 is 0 Å². The zero-order chi connectivity index (χ0) is 19.7. The molecule has 0 bridgehead atoms. The van der Waals surface area contributed by atoms with Crippen molar-refractivity contribution in [1.29, 1.82) is 0 Å². The van der Waals surface area contributed by atoms with Crippen LogP contribution in [-0.4, -0.2) is 31.0 Å². The van der Waals surface area contributed by atoms with Crippen molar-refractivity contribution >= 4 is 28.8 Å². The van der Waals surface area contributed by atoms with Gasteiger partial charge in [-0.3, -0.25) is 4.79 Å². The molecule has 4 rings (SSSR count). The Morgan fingerprint density at radius 3 is 2.61 bits per heavy atom. The minimum Gasteiger partial charge on any atom is -0.378 e. The lowest BCUT2D eigenvalue weighted by Gasteiger charge is -2.24. The fourth-order valence-electron chi connectivity index (χ4n) is 3.65. The van der Waals surface area contributed by atoms with Gasteiger partial charge in [0.25, 0.3) is 5.91 Å². The highest BCUT2D eigenvalue weighted by molar-refractivity contribution is 6.04. The number of rotatable bonds is 4. The number of nitrogens with one attached hydrogen (secondary N) is 1. The van der Waals surface area contributed by atoms with Gasteiger partial charge in [0.05, 0.1) is 0 Å². The second-order valence-corrected chi connectivity index (χ2v) is 7.35. The van der Waals surface area contributed by atoms with Crippen molar-refractivity contribution in [2.75, 3.05) is 29.2 Å². The number of benzene rings is 2. The maximum absolute atomic E-state index is 12.8. The number of pyridine rings is 1. The van der Waals surface area contributed by atoms with Crippen LogP contribution < -0.4 is 15.1 Å². The summed E-state index contributed by atoms with van der Waals surface area (Å²) in [5.74, 6) is 0.662. The second kappa shape index (κ2) is 7.35. The molecule has 2 heterocycles. The first-order valence-corrected chi connectivity index (χ1v) is 9.45. The van der Waals surface area contributed by atoms with E-state index in [1.54, 1.807) is 12.3 Å². The summed E-state index contributed by atoms with van der Waals surface area (Å²) < 4.78 is 0. The van der Waals surface area contributed by atoms with E-state index in [1.165, 1.54) is 11.3 Å². The lowest BCUT2D eigenvalue weighted by molar-refractivity contribution is 0.102. The normalized spacial score (nSPS) is 15.2. The molecule has 2 aromatic carbocycles. The molecule has 1 aromatic heterocycles. The molecule has 1 N–H and O–H groups in total. The molecule has 5 nitrogen and oxygen atoms in total. The standard InChI is InChI=1S/C23H24N4O/c1-16-14-17-6-4-5-7-21(17)27(16)22-15-18(12-13-24-22)23(28)25-19-8-10-20(11-9-19)26(2)3/h4-13,15-16H,14H2,1-3H3,(H,25,28). The summed E-state index contributed by atoms with van der Waals surface area (Å²) in [7, 11) is 3.98. The van der Waals surface area contributed by atoms with Crippen LogP contribution in [-0.2, 0) is 6.42 Å². The molecule has 0 aliphatic carbocycles. The van der Waals surface area contributed by atoms with Crippen LogP contribution in [0.1, 0.15) is 22.8 Å². The molecule has 142 valence electrons. The molecule has 1 atom stereocenters. The van der Waals surface area contributed by atoms with Gasteiger partial charge in [0.2, 0.25) is 0 Å².